The van der Waals surface area contributed by atoms with Crippen LogP contribution in [0.5, 0.6) is 0 Å². The van der Waals surface area contributed by atoms with Crippen molar-refractivity contribution in [2.75, 3.05) is 0 Å². The maximum atomic E-state index is 7.55. The van der Waals surface area contributed by atoms with Gasteiger partial charge < -0.3 is 0 Å². The molecule has 0 aromatic rings. The molecule has 0 aliphatic rings. The standard InChI is InChI=1S/H2O39/c1-3-5-7-9-11-13-15-17-19-21-23-25-27-29-31-33-35-37-39-38-36-34-32-30-28-26-24-22-20-18-16-14-12-10-8-6-4-2/h1-2H. The van der Waals surface area contributed by atoms with Crippen LogP contribution in [0.4, 0.5) is 0 Å². The maximum absolute atomic E-state index is 7.55. The molecule has 0 bridgehead atoms. The smallest absolute Gasteiger partial charge is 0 e. The van der Waals surface area contributed by atoms with Gasteiger partial charge in [0.25, 0.3) is 0 Å². The molecule has 0 saturated heterocycles. The monoisotopic (exact) mass is 626 g/mol. The van der Waals surface area contributed by atoms with Gasteiger partial charge in [0.15, 0.2) is 0 Å². The molecule has 236 valence electrons. The zero-order chi connectivity index (χ0) is 28.2. The first-order valence-electron chi connectivity index (χ1n) is 6.37. The first-order chi connectivity index (χ1) is 19.4. The van der Waals surface area contributed by atoms with Crippen molar-refractivity contribution >= 4 is 0 Å². The summed E-state index contributed by atoms with van der Waals surface area (Å²) in [5.74, 6) is 0. The van der Waals surface area contributed by atoms with Crippen molar-refractivity contribution in [1.82, 2.24) is 0 Å². The number of hydrogen-bond donors (Lipinski definition) is 2. The summed E-state index contributed by atoms with van der Waals surface area (Å²) in [6, 6.07) is 0. The summed E-state index contributed by atoms with van der Waals surface area (Å²) in [6.07, 6.45) is 0. The van der Waals surface area contributed by atoms with Crippen LogP contribution in [-0.4, -0.2) is 10.5 Å². The first-order valence-corrected chi connectivity index (χ1v) is 6.37. The van der Waals surface area contributed by atoms with E-state index in [1.807, 2.05) is 0 Å². The van der Waals surface area contributed by atoms with Gasteiger partial charge in [0, 0.05) is 106 Å². The van der Waals surface area contributed by atoms with E-state index < -0.39 is 0 Å². The molecule has 0 heterocycles. The Bertz CT molecular complexity index is 349. The molecule has 0 spiro atoms. The van der Waals surface area contributed by atoms with E-state index in [-0.39, 0.29) is 0 Å². The highest BCUT2D eigenvalue weighted by Gasteiger charge is 2.02. The summed E-state index contributed by atoms with van der Waals surface area (Å²) in [5.41, 5.74) is 0. The van der Waals surface area contributed by atoms with Gasteiger partial charge in [0.1, 0.15) is 0 Å². The van der Waals surface area contributed by atoms with Crippen LogP contribution in [0.25, 0.3) is 0 Å². The summed E-state index contributed by atoms with van der Waals surface area (Å²) in [4.78, 5) is 0. The Labute approximate surface area is 198 Å². The molecule has 0 aliphatic carbocycles. The maximum Gasteiger partial charge on any atom is 0 e. The van der Waals surface area contributed by atoms with Gasteiger partial charge in [-0.2, -0.15) is 0 Å². The lowest BCUT2D eigenvalue weighted by atomic mass is 14.0. The van der Waals surface area contributed by atoms with Crippen LogP contribution in [0.1, 0.15) is 0 Å². The highest BCUT2D eigenvalue weighted by Crippen LogP contribution is 1.96. The predicted molar refractivity (Wildman–Crippen MR) is 45.4 cm³/mol. The lowest BCUT2D eigenvalue weighted by Crippen LogP contribution is -2.06. The Morgan fingerprint density at radius 2 is 0.205 bits per heavy atom. The lowest BCUT2D eigenvalue weighted by Gasteiger charge is -1.99. The Kier molecular flexibility index (Phi) is 35.0. The summed E-state index contributed by atoms with van der Waals surface area (Å²) in [6.45, 7) is 0. The Morgan fingerprint density at radius 1 is 0.128 bits per heavy atom. The van der Waals surface area contributed by atoms with E-state index in [1.54, 1.807) is 0 Å². The molecule has 39 nitrogen and oxygen atoms in total. The lowest BCUT2D eigenvalue weighted by molar-refractivity contribution is -0.908. The SMILES string of the molecule is OOOOOOOOOOOOOOOOOOOOOOOOOOOOOOOOOOOOOOO. The molecular formula is H2O39. The Hall–Kier alpha value is -1.56. The van der Waals surface area contributed by atoms with Gasteiger partial charge in [-0.3, -0.25) is 0 Å². The minimum absolute atomic E-state index is 2.87. The second-order valence-corrected chi connectivity index (χ2v) is 2.53. The Balaban J connectivity index is 3.01. The molecule has 0 aliphatic heterocycles. The molecule has 0 atom stereocenters. The van der Waals surface area contributed by atoms with Gasteiger partial charge in [-0.15, -0.1) is 0 Å². The molecule has 0 saturated carbocycles. The van der Waals surface area contributed by atoms with E-state index in [1.165, 1.54) is 0 Å². The van der Waals surface area contributed by atoms with Gasteiger partial charge in [-0.05, 0) is 80.6 Å². The van der Waals surface area contributed by atoms with Gasteiger partial charge in [-0.25, -0.2) is 10.5 Å². The van der Waals surface area contributed by atoms with Crippen molar-refractivity contribution in [3.63, 3.8) is 0 Å². The van der Waals surface area contributed by atoms with Crippen molar-refractivity contribution in [2.24, 2.45) is 0 Å². The van der Waals surface area contributed by atoms with Crippen LogP contribution in [-0.2, 0) is 186 Å². The molecule has 0 radical (unpaired) electrons. The third-order valence-electron chi connectivity index (χ3n) is 1.01. The number of rotatable bonds is 36. The fourth-order valence-corrected chi connectivity index (χ4v) is 0.399. The van der Waals surface area contributed by atoms with Crippen molar-refractivity contribution in [3.05, 3.63) is 0 Å². The molecule has 2 N–H and O–H groups in total. The van der Waals surface area contributed by atoms with E-state index in [9.17, 15) is 0 Å². The largest absolute Gasteiger partial charge is 0.219 e. The summed E-state index contributed by atoms with van der Waals surface area (Å²) >= 11 is 0. The zero-order valence-corrected chi connectivity index (χ0v) is 16.0. The van der Waals surface area contributed by atoms with E-state index >= 15 is 0 Å². The zero-order valence-electron chi connectivity index (χ0n) is 16.0. The average Bonchev–Trinajstić information content (AvgIpc) is 2.95. The van der Waals surface area contributed by atoms with Crippen LogP contribution < -0.4 is 0 Å². The Morgan fingerprint density at radius 3 is 0.282 bits per heavy atom. The minimum Gasteiger partial charge on any atom is -0.219 e. The van der Waals surface area contributed by atoms with E-state index in [0.29, 0.717) is 0 Å². The van der Waals surface area contributed by atoms with Crippen LogP contribution in [0.2, 0.25) is 0 Å². The number of hydrogen-bond acceptors (Lipinski definition) is 39. The highest BCUT2D eigenvalue weighted by atomic mass is 18.0. The molecule has 0 aromatic heterocycles. The van der Waals surface area contributed by atoms with E-state index in [2.05, 4.69) is 186 Å². The molecule has 39 heavy (non-hydrogen) atoms. The fraction of sp³-hybridized carbons (Fsp3) is 0. The van der Waals surface area contributed by atoms with Crippen molar-refractivity contribution < 1.29 is 197 Å². The molecule has 0 unspecified atom stereocenters. The van der Waals surface area contributed by atoms with E-state index in [0.717, 1.165) is 0 Å². The molecule has 39 heteroatoms. The highest BCUT2D eigenvalue weighted by molar-refractivity contribution is 3.11. The van der Waals surface area contributed by atoms with Crippen LogP contribution in [0.15, 0.2) is 0 Å². The molecule has 0 rings (SSSR count). The average molecular weight is 626 g/mol. The van der Waals surface area contributed by atoms with Gasteiger partial charge in [0.05, 0.1) is 0 Å². The summed E-state index contributed by atoms with van der Waals surface area (Å²) in [7, 11) is 0. The second-order valence-electron chi connectivity index (χ2n) is 2.53. The quantitative estimate of drug-likeness (QED) is 0.0411. The third kappa shape index (κ3) is 36.4. The summed E-state index contributed by atoms with van der Waals surface area (Å²) in [5, 5.41) is 141. The van der Waals surface area contributed by atoms with Gasteiger partial charge >= 0.3 is 0 Å². The summed E-state index contributed by atoms with van der Waals surface area (Å²) < 4.78 is 0. The molecule has 0 aromatic carbocycles. The molecular weight excluding hydrogens is 624 g/mol. The predicted octanol–water partition coefficient (Wildman–Crippen LogP) is -2.51. The van der Waals surface area contributed by atoms with Crippen LogP contribution >= 0.6 is 0 Å². The second kappa shape index (κ2) is 36.4. The minimum atomic E-state index is 2.87. The van der Waals surface area contributed by atoms with E-state index in [4.69, 9.17) is 10.5 Å². The van der Waals surface area contributed by atoms with Crippen LogP contribution in [0.3, 0.4) is 0 Å². The normalized spacial score (nSPS) is 11.5. The van der Waals surface area contributed by atoms with Gasteiger partial charge in [-0.1, -0.05) is 0 Å². The van der Waals surface area contributed by atoms with Crippen molar-refractivity contribution in [2.45, 2.75) is 0 Å². The molecule has 0 amide bonds. The first kappa shape index (κ1) is 37.4. The topological polar surface area (TPSA) is 382 Å². The van der Waals surface area contributed by atoms with Crippen molar-refractivity contribution in [1.29, 1.82) is 0 Å². The third-order valence-corrected chi connectivity index (χ3v) is 1.01. The van der Waals surface area contributed by atoms with Crippen LogP contribution in [0, 0.1) is 0 Å². The van der Waals surface area contributed by atoms with Crippen molar-refractivity contribution in [3.8, 4) is 0 Å². The van der Waals surface area contributed by atoms with Gasteiger partial charge in [0.2, 0.25) is 0 Å². The fourth-order valence-electron chi connectivity index (χ4n) is 0.399. The molecule has 0 fully saturated rings.